The second-order valence-corrected chi connectivity index (χ2v) is 6.30. The topological polar surface area (TPSA) is 24.9 Å². The number of hydrogen-bond donors (Lipinski definition) is 1. The number of aryl methyl sites for hydroxylation is 1. The summed E-state index contributed by atoms with van der Waals surface area (Å²) in [7, 11) is 0. The molecule has 1 heterocycles. The SMILES string of the molecule is Cc1csc(CNc2ccc3cc(Br)ccc3c2)n1. The Morgan fingerprint density at radius 1 is 1.16 bits per heavy atom. The van der Waals surface area contributed by atoms with Crippen molar-refractivity contribution in [2.24, 2.45) is 0 Å². The van der Waals surface area contributed by atoms with Gasteiger partial charge in [0, 0.05) is 21.2 Å². The third-order valence-corrected chi connectivity index (χ3v) is 4.37. The zero-order chi connectivity index (χ0) is 13.2. The number of thiazole rings is 1. The van der Waals surface area contributed by atoms with E-state index in [2.05, 4.69) is 68.0 Å². The molecule has 0 saturated heterocycles. The van der Waals surface area contributed by atoms with E-state index in [1.54, 1.807) is 11.3 Å². The highest BCUT2D eigenvalue weighted by Crippen LogP contribution is 2.23. The largest absolute Gasteiger partial charge is 0.379 e. The average molecular weight is 333 g/mol. The van der Waals surface area contributed by atoms with Gasteiger partial charge in [-0.2, -0.15) is 0 Å². The van der Waals surface area contributed by atoms with Crippen molar-refractivity contribution in [3.63, 3.8) is 0 Å². The van der Waals surface area contributed by atoms with Crippen LogP contribution in [0.25, 0.3) is 10.8 Å². The van der Waals surface area contributed by atoms with E-state index in [0.717, 1.165) is 27.4 Å². The fourth-order valence-corrected chi connectivity index (χ4v) is 3.08. The van der Waals surface area contributed by atoms with Gasteiger partial charge in [0.15, 0.2) is 0 Å². The number of anilines is 1. The first kappa shape index (κ1) is 12.6. The number of fused-ring (bicyclic) bond motifs is 1. The van der Waals surface area contributed by atoms with Crippen LogP contribution in [0, 0.1) is 6.92 Å². The molecule has 0 unspecified atom stereocenters. The number of nitrogens with one attached hydrogen (secondary N) is 1. The van der Waals surface area contributed by atoms with Gasteiger partial charge in [0.2, 0.25) is 0 Å². The fraction of sp³-hybridized carbons (Fsp3) is 0.133. The van der Waals surface area contributed by atoms with Gasteiger partial charge in [0.25, 0.3) is 0 Å². The van der Waals surface area contributed by atoms with Crippen molar-refractivity contribution in [2.45, 2.75) is 13.5 Å². The highest BCUT2D eigenvalue weighted by Gasteiger charge is 2.00. The molecule has 0 aliphatic rings. The van der Waals surface area contributed by atoms with Crippen molar-refractivity contribution in [3.8, 4) is 0 Å². The Balaban J connectivity index is 1.79. The molecule has 3 aromatic rings. The van der Waals surface area contributed by atoms with Gasteiger partial charge >= 0.3 is 0 Å². The lowest BCUT2D eigenvalue weighted by molar-refractivity contribution is 1.08. The molecule has 2 aromatic carbocycles. The van der Waals surface area contributed by atoms with Crippen LogP contribution >= 0.6 is 27.3 Å². The molecule has 0 amide bonds. The van der Waals surface area contributed by atoms with E-state index in [1.807, 2.05) is 6.92 Å². The molecule has 0 bridgehead atoms. The minimum absolute atomic E-state index is 0.778. The molecular weight excluding hydrogens is 320 g/mol. The number of nitrogens with zero attached hydrogens (tertiary/aromatic N) is 1. The predicted octanol–water partition coefficient (Wildman–Crippen LogP) is 4.98. The smallest absolute Gasteiger partial charge is 0.112 e. The first-order valence-corrected chi connectivity index (χ1v) is 7.72. The normalized spacial score (nSPS) is 10.8. The van der Waals surface area contributed by atoms with Gasteiger partial charge < -0.3 is 5.32 Å². The van der Waals surface area contributed by atoms with E-state index in [0.29, 0.717) is 0 Å². The Kier molecular flexibility index (Phi) is 3.53. The molecule has 0 aliphatic heterocycles. The Morgan fingerprint density at radius 2 is 1.95 bits per heavy atom. The summed E-state index contributed by atoms with van der Waals surface area (Å²) >= 11 is 5.19. The second-order valence-electron chi connectivity index (χ2n) is 4.44. The average Bonchev–Trinajstić information content (AvgIpc) is 2.82. The van der Waals surface area contributed by atoms with Crippen LogP contribution in [0.2, 0.25) is 0 Å². The van der Waals surface area contributed by atoms with Crippen LogP contribution in [-0.4, -0.2) is 4.98 Å². The Bertz CT molecular complexity index is 721. The summed E-state index contributed by atoms with van der Waals surface area (Å²) < 4.78 is 1.11. The van der Waals surface area contributed by atoms with Crippen molar-refractivity contribution < 1.29 is 0 Å². The van der Waals surface area contributed by atoms with E-state index in [4.69, 9.17) is 0 Å². The molecule has 0 saturated carbocycles. The van der Waals surface area contributed by atoms with Crippen LogP contribution in [0.5, 0.6) is 0 Å². The lowest BCUT2D eigenvalue weighted by atomic mass is 10.1. The van der Waals surface area contributed by atoms with Crippen molar-refractivity contribution in [2.75, 3.05) is 5.32 Å². The summed E-state index contributed by atoms with van der Waals surface area (Å²) in [6, 6.07) is 12.7. The number of hydrogen-bond acceptors (Lipinski definition) is 3. The van der Waals surface area contributed by atoms with Crippen molar-refractivity contribution in [1.29, 1.82) is 0 Å². The molecule has 0 fully saturated rings. The lowest BCUT2D eigenvalue weighted by Crippen LogP contribution is -1.98. The molecule has 19 heavy (non-hydrogen) atoms. The molecule has 0 atom stereocenters. The summed E-state index contributed by atoms with van der Waals surface area (Å²) in [6.45, 7) is 2.80. The second kappa shape index (κ2) is 5.31. The quantitative estimate of drug-likeness (QED) is 0.731. The lowest BCUT2D eigenvalue weighted by Gasteiger charge is -2.06. The van der Waals surface area contributed by atoms with E-state index in [1.165, 1.54) is 10.8 Å². The zero-order valence-corrected chi connectivity index (χ0v) is 12.9. The summed E-state index contributed by atoms with van der Waals surface area (Å²) in [6.07, 6.45) is 0. The highest BCUT2D eigenvalue weighted by atomic mass is 79.9. The first-order chi connectivity index (χ1) is 9.20. The third-order valence-electron chi connectivity index (χ3n) is 2.91. The summed E-state index contributed by atoms with van der Waals surface area (Å²) in [5, 5.41) is 9.09. The molecule has 0 spiro atoms. The van der Waals surface area contributed by atoms with Crippen LogP contribution < -0.4 is 5.32 Å². The van der Waals surface area contributed by atoms with Crippen molar-refractivity contribution >= 4 is 43.7 Å². The van der Waals surface area contributed by atoms with Crippen LogP contribution in [0.3, 0.4) is 0 Å². The van der Waals surface area contributed by atoms with E-state index >= 15 is 0 Å². The maximum Gasteiger partial charge on any atom is 0.112 e. The third kappa shape index (κ3) is 2.96. The number of aromatic nitrogens is 1. The summed E-state index contributed by atoms with van der Waals surface area (Å²) in [5.74, 6) is 0. The molecule has 4 heteroatoms. The molecule has 2 nitrogen and oxygen atoms in total. The number of rotatable bonds is 3. The van der Waals surface area contributed by atoms with Gasteiger partial charge in [-0.25, -0.2) is 4.98 Å². The van der Waals surface area contributed by atoms with Gasteiger partial charge in [-0.15, -0.1) is 11.3 Å². The molecule has 0 radical (unpaired) electrons. The van der Waals surface area contributed by atoms with Gasteiger partial charge in [0.1, 0.15) is 5.01 Å². The van der Waals surface area contributed by atoms with Gasteiger partial charge in [-0.1, -0.05) is 28.1 Å². The van der Waals surface area contributed by atoms with E-state index < -0.39 is 0 Å². The van der Waals surface area contributed by atoms with Crippen LogP contribution in [-0.2, 0) is 6.54 Å². The summed E-state index contributed by atoms with van der Waals surface area (Å²) in [4.78, 5) is 4.45. The monoisotopic (exact) mass is 332 g/mol. The van der Waals surface area contributed by atoms with Crippen LogP contribution in [0.4, 0.5) is 5.69 Å². The number of halogens is 1. The van der Waals surface area contributed by atoms with E-state index in [9.17, 15) is 0 Å². The minimum atomic E-state index is 0.778. The predicted molar refractivity (Wildman–Crippen MR) is 85.8 cm³/mol. The molecule has 1 aromatic heterocycles. The van der Waals surface area contributed by atoms with Crippen molar-refractivity contribution in [1.82, 2.24) is 4.98 Å². The maximum atomic E-state index is 4.45. The molecule has 3 rings (SSSR count). The Hall–Kier alpha value is -1.39. The molecule has 0 aliphatic carbocycles. The van der Waals surface area contributed by atoms with Gasteiger partial charge in [0.05, 0.1) is 6.54 Å². The standard InChI is InChI=1S/C15H13BrN2S/c1-10-9-19-15(18-10)8-17-14-5-3-11-6-13(16)4-2-12(11)7-14/h2-7,9,17H,8H2,1H3. The minimum Gasteiger partial charge on any atom is -0.379 e. The highest BCUT2D eigenvalue weighted by molar-refractivity contribution is 9.10. The summed E-state index contributed by atoms with van der Waals surface area (Å²) in [5.41, 5.74) is 2.22. The van der Waals surface area contributed by atoms with Crippen LogP contribution in [0.15, 0.2) is 46.3 Å². The Labute approximate surface area is 124 Å². The molecule has 1 N–H and O–H groups in total. The molecular formula is C15H13BrN2S. The van der Waals surface area contributed by atoms with Crippen LogP contribution in [0.1, 0.15) is 10.7 Å². The first-order valence-electron chi connectivity index (χ1n) is 6.05. The fourth-order valence-electron chi connectivity index (χ4n) is 1.99. The van der Waals surface area contributed by atoms with Gasteiger partial charge in [-0.3, -0.25) is 0 Å². The van der Waals surface area contributed by atoms with E-state index in [-0.39, 0.29) is 0 Å². The number of benzene rings is 2. The molecule has 96 valence electrons. The maximum absolute atomic E-state index is 4.45. The van der Waals surface area contributed by atoms with Gasteiger partial charge in [-0.05, 0) is 42.0 Å². The Morgan fingerprint density at radius 3 is 2.74 bits per heavy atom. The zero-order valence-electron chi connectivity index (χ0n) is 10.5. The van der Waals surface area contributed by atoms with Crippen molar-refractivity contribution in [3.05, 3.63) is 57.0 Å².